The molecule has 3 heteroatoms. The number of aromatic nitrogens is 1. The average molecular weight is 238 g/mol. The van der Waals surface area contributed by atoms with E-state index in [-0.39, 0.29) is 5.38 Å². The summed E-state index contributed by atoms with van der Waals surface area (Å²) in [7, 11) is 0. The monoisotopic (exact) mass is 237 g/mol. The summed E-state index contributed by atoms with van der Waals surface area (Å²) in [6.45, 7) is 0. The highest BCUT2D eigenvalue weighted by Gasteiger charge is 2.07. The molecule has 0 saturated heterocycles. The Morgan fingerprint density at radius 3 is 2.73 bits per heavy atom. The second-order valence-corrected chi connectivity index (χ2v) is 4.88. The Morgan fingerprint density at radius 2 is 2.07 bits per heavy atom. The molecule has 0 amide bonds. The topological polar surface area (TPSA) is 12.9 Å². The third-order valence-electron chi connectivity index (χ3n) is 2.29. The van der Waals surface area contributed by atoms with Gasteiger partial charge in [-0.05, 0) is 18.4 Å². The predicted molar refractivity (Wildman–Crippen MR) is 65.5 cm³/mol. The van der Waals surface area contributed by atoms with Crippen LogP contribution in [-0.2, 0) is 6.42 Å². The third-order valence-corrected chi connectivity index (χ3v) is 3.60. The number of hydrogen-bond donors (Lipinski definition) is 0. The molecule has 2 aromatic rings. The van der Waals surface area contributed by atoms with Gasteiger partial charge in [0.2, 0.25) is 0 Å². The van der Waals surface area contributed by atoms with Crippen LogP contribution < -0.4 is 0 Å². The zero-order chi connectivity index (χ0) is 10.5. The van der Waals surface area contributed by atoms with E-state index in [2.05, 4.69) is 17.1 Å². The molecule has 0 aliphatic rings. The normalized spacial score (nSPS) is 12.6. The molecule has 0 spiro atoms. The van der Waals surface area contributed by atoms with E-state index >= 15 is 0 Å². The first kappa shape index (κ1) is 10.7. The number of halogens is 1. The fourth-order valence-corrected chi connectivity index (χ4v) is 2.33. The molecule has 2 rings (SSSR count). The molecule has 0 aliphatic carbocycles. The van der Waals surface area contributed by atoms with Gasteiger partial charge in [-0.15, -0.1) is 22.9 Å². The molecule has 1 aromatic heterocycles. The maximum atomic E-state index is 6.31. The van der Waals surface area contributed by atoms with Gasteiger partial charge in [-0.25, -0.2) is 0 Å². The minimum Gasteiger partial charge on any atom is -0.253 e. The summed E-state index contributed by atoms with van der Waals surface area (Å²) in [6, 6.07) is 10.2. The van der Waals surface area contributed by atoms with Crippen molar-refractivity contribution in [1.29, 1.82) is 0 Å². The molecule has 1 atom stereocenters. The van der Waals surface area contributed by atoms with Crippen molar-refractivity contribution in [3.05, 3.63) is 52.5 Å². The molecule has 0 N–H and O–H groups in total. The summed E-state index contributed by atoms with van der Waals surface area (Å²) in [4.78, 5) is 5.35. The van der Waals surface area contributed by atoms with Crippen molar-refractivity contribution in [2.45, 2.75) is 18.2 Å². The lowest BCUT2D eigenvalue weighted by Gasteiger charge is -2.08. The second-order valence-electron chi connectivity index (χ2n) is 3.38. The van der Waals surface area contributed by atoms with E-state index in [0.29, 0.717) is 0 Å². The summed E-state index contributed by atoms with van der Waals surface area (Å²) in [6.07, 6.45) is 3.89. The molecule has 1 aromatic carbocycles. The van der Waals surface area contributed by atoms with Crippen LogP contribution in [-0.4, -0.2) is 4.98 Å². The van der Waals surface area contributed by atoms with Crippen molar-refractivity contribution in [3.63, 3.8) is 0 Å². The molecule has 0 aliphatic heterocycles. The quantitative estimate of drug-likeness (QED) is 0.731. The highest BCUT2D eigenvalue weighted by molar-refractivity contribution is 7.09. The van der Waals surface area contributed by atoms with E-state index in [1.165, 1.54) is 10.4 Å². The maximum absolute atomic E-state index is 6.31. The summed E-state index contributed by atoms with van der Waals surface area (Å²) in [5, 5.41) is 0.105. The van der Waals surface area contributed by atoms with E-state index in [4.69, 9.17) is 11.6 Å². The molecular weight excluding hydrogens is 226 g/mol. The SMILES string of the molecule is ClC(CCc1cncs1)c1ccccc1. The van der Waals surface area contributed by atoms with E-state index in [9.17, 15) is 0 Å². The predicted octanol–water partition coefficient (Wildman–Crippen LogP) is 4.06. The van der Waals surface area contributed by atoms with Crippen LogP contribution in [0.2, 0.25) is 0 Å². The van der Waals surface area contributed by atoms with Crippen LogP contribution in [0.25, 0.3) is 0 Å². The van der Waals surface area contributed by atoms with Crippen LogP contribution in [0.15, 0.2) is 42.0 Å². The van der Waals surface area contributed by atoms with Gasteiger partial charge < -0.3 is 0 Å². The smallest absolute Gasteiger partial charge is 0.0794 e. The largest absolute Gasteiger partial charge is 0.253 e. The summed E-state index contributed by atoms with van der Waals surface area (Å²) in [5.74, 6) is 0. The lowest BCUT2D eigenvalue weighted by molar-refractivity contribution is 0.801. The van der Waals surface area contributed by atoms with E-state index in [1.54, 1.807) is 11.3 Å². The average Bonchev–Trinajstić information content (AvgIpc) is 2.80. The number of benzene rings is 1. The van der Waals surface area contributed by atoms with Crippen LogP contribution in [0.4, 0.5) is 0 Å². The number of aryl methyl sites for hydroxylation is 1. The Balaban J connectivity index is 1.90. The van der Waals surface area contributed by atoms with Gasteiger partial charge in [0.15, 0.2) is 0 Å². The van der Waals surface area contributed by atoms with Gasteiger partial charge in [0.1, 0.15) is 0 Å². The van der Waals surface area contributed by atoms with Crippen LogP contribution >= 0.6 is 22.9 Å². The first-order chi connectivity index (χ1) is 7.36. The van der Waals surface area contributed by atoms with E-state index in [0.717, 1.165) is 12.8 Å². The number of nitrogens with zero attached hydrogens (tertiary/aromatic N) is 1. The Kier molecular flexibility index (Phi) is 3.75. The van der Waals surface area contributed by atoms with Crippen LogP contribution in [0.5, 0.6) is 0 Å². The van der Waals surface area contributed by atoms with Crippen molar-refractivity contribution in [1.82, 2.24) is 4.98 Å². The Morgan fingerprint density at radius 1 is 1.27 bits per heavy atom. The molecule has 1 heterocycles. The highest BCUT2D eigenvalue weighted by Crippen LogP contribution is 2.26. The second kappa shape index (κ2) is 5.29. The standard InChI is InChI=1S/C12H12ClNS/c13-12(10-4-2-1-3-5-10)7-6-11-8-14-9-15-11/h1-5,8-9,12H,6-7H2. The molecular formula is C12H12ClNS. The first-order valence-corrected chi connectivity index (χ1v) is 6.24. The third kappa shape index (κ3) is 3.05. The van der Waals surface area contributed by atoms with Crippen LogP contribution in [0.3, 0.4) is 0 Å². The lowest BCUT2D eigenvalue weighted by atomic mass is 10.1. The molecule has 15 heavy (non-hydrogen) atoms. The molecule has 1 nitrogen and oxygen atoms in total. The van der Waals surface area contributed by atoms with E-state index < -0.39 is 0 Å². The summed E-state index contributed by atoms with van der Waals surface area (Å²) < 4.78 is 0. The van der Waals surface area contributed by atoms with Gasteiger partial charge in [0.05, 0.1) is 10.9 Å². The minimum absolute atomic E-state index is 0.105. The van der Waals surface area contributed by atoms with Crippen LogP contribution in [0.1, 0.15) is 22.2 Å². The van der Waals surface area contributed by atoms with Gasteiger partial charge in [-0.2, -0.15) is 0 Å². The zero-order valence-electron chi connectivity index (χ0n) is 8.27. The fourth-order valence-electron chi connectivity index (χ4n) is 1.46. The minimum atomic E-state index is 0.105. The highest BCUT2D eigenvalue weighted by atomic mass is 35.5. The molecule has 0 radical (unpaired) electrons. The lowest BCUT2D eigenvalue weighted by Crippen LogP contribution is -1.92. The Hall–Kier alpha value is -0.860. The number of alkyl halides is 1. The summed E-state index contributed by atoms with van der Waals surface area (Å²) >= 11 is 8.00. The molecule has 0 saturated carbocycles. The van der Waals surface area contributed by atoms with Gasteiger partial charge in [0, 0.05) is 11.1 Å². The van der Waals surface area contributed by atoms with Crippen molar-refractivity contribution in [2.24, 2.45) is 0 Å². The van der Waals surface area contributed by atoms with Crippen molar-refractivity contribution in [3.8, 4) is 0 Å². The van der Waals surface area contributed by atoms with E-state index in [1.807, 2.05) is 29.9 Å². The molecule has 1 unspecified atom stereocenters. The van der Waals surface area contributed by atoms with Crippen molar-refractivity contribution >= 4 is 22.9 Å². The Labute approximate surface area is 98.7 Å². The number of hydrogen-bond acceptors (Lipinski definition) is 2. The van der Waals surface area contributed by atoms with Gasteiger partial charge in [0.25, 0.3) is 0 Å². The molecule has 0 bridgehead atoms. The Bertz CT molecular complexity index is 385. The fraction of sp³-hybridized carbons (Fsp3) is 0.250. The first-order valence-electron chi connectivity index (χ1n) is 4.92. The van der Waals surface area contributed by atoms with Crippen molar-refractivity contribution < 1.29 is 0 Å². The zero-order valence-corrected chi connectivity index (χ0v) is 9.84. The molecule has 0 fully saturated rings. The number of rotatable bonds is 4. The van der Waals surface area contributed by atoms with Gasteiger partial charge in [-0.1, -0.05) is 30.3 Å². The maximum Gasteiger partial charge on any atom is 0.0794 e. The van der Waals surface area contributed by atoms with Crippen molar-refractivity contribution in [2.75, 3.05) is 0 Å². The summed E-state index contributed by atoms with van der Waals surface area (Å²) in [5.41, 5.74) is 3.06. The molecule has 78 valence electrons. The van der Waals surface area contributed by atoms with Gasteiger partial charge >= 0.3 is 0 Å². The number of thiazole rings is 1. The van der Waals surface area contributed by atoms with Crippen LogP contribution in [0, 0.1) is 0 Å². The van der Waals surface area contributed by atoms with Gasteiger partial charge in [-0.3, -0.25) is 4.98 Å².